The molecule has 0 spiro atoms. The molecule has 1 fully saturated rings. The zero-order valence-corrected chi connectivity index (χ0v) is 12.9. The van der Waals surface area contributed by atoms with E-state index in [-0.39, 0.29) is 0 Å². The number of nitrogens with zero attached hydrogens (tertiary/aromatic N) is 3. The number of hydrogen-bond donors (Lipinski definition) is 1. The second-order valence-corrected chi connectivity index (χ2v) is 6.37. The minimum absolute atomic E-state index is 0.454. The second-order valence-electron chi connectivity index (χ2n) is 5.94. The van der Waals surface area contributed by atoms with E-state index < -0.39 is 0 Å². The molecule has 112 valence electrons. The van der Waals surface area contributed by atoms with E-state index in [0.29, 0.717) is 17.8 Å². The van der Waals surface area contributed by atoms with Crippen LogP contribution in [-0.2, 0) is 0 Å². The highest BCUT2D eigenvalue weighted by atomic mass is 35.5. The van der Waals surface area contributed by atoms with Gasteiger partial charge in [0.15, 0.2) is 0 Å². The number of halogens is 1. The molecule has 0 aliphatic heterocycles. The van der Waals surface area contributed by atoms with Crippen LogP contribution >= 0.6 is 11.6 Å². The lowest BCUT2D eigenvalue weighted by molar-refractivity contribution is 0.523. The lowest BCUT2D eigenvalue weighted by Crippen LogP contribution is -2.05. The van der Waals surface area contributed by atoms with Gasteiger partial charge in [0, 0.05) is 17.3 Å². The summed E-state index contributed by atoms with van der Waals surface area (Å²) in [6, 6.07) is 10.7. The molecule has 3 aromatic rings. The van der Waals surface area contributed by atoms with Crippen molar-refractivity contribution in [1.29, 1.82) is 0 Å². The Bertz CT molecular complexity index is 826. The largest absolute Gasteiger partial charge is 0.383 e. The molecule has 22 heavy (non-hydrogen) atoms. The van der Waals surface area contributed by atoms with Crippen molar-refractivity contribution in [3.05, 3.63) is 53.4 Å². The van der Waals surface area contributed by atoms with Gasteiger partial charge >= 0.3 is 0 Å². The molecule has 1 aromatic carbocycles. The Labute approximate surface area is 133 Å². The number of anilines is 1. The van der Waals surface area contributed by atoms with Gasteiger partial charge in [0.1, 0.15) is 17.8 Å². The van der Waals surface area contributed by atoms with Crippen molar-refractivity contribution >= 4 is 28.5 Å². The zero-order valence-electron chi connectivity index (χ0n) is 12.1. The van der Waals surface area contributed by atoms with Crippen LogP contribution in [0.15, 0.2) is 42.9 Å². The maximum Gasteiger partial charge on any atom is 0.145 e. The molecule has 1 aliphatic rings. The van der Waals surface area contributed by atoms with E-state index in [1.54, 1.807) is 0 Å². The number of benzene rings is 1. The summed E-state index contributed by atoms with van der Waals surface area (Å²) < 4.78 is 2.25. The Kier molecular flexibility index (Phi) is 3.26. The van der Waals surface area contributed by atoms with Crippen LogP contribution in [-0.4, -0.2) is 14.5 Å². The van der Waals surface area contributed by atoms with Crippen LogP contribution in [0.1, 0.15) is 36.8 Å². The van der Waals surface area contributed by atoms with E-state index in [0.717, 1.165) is 28.9 Å². The van der Waals surface area contributed by atoms with Gasteiger partial charge in [0.05, 0.1) is 5.39 Å². The molecular formula is C17H17ClN4. The van der Waals surface area contributed by atoms with Crippen molar-refractivity contribution < 1.29 is 0 Å². The normalized spacial score (nSPS) is 21.5. The molecule has 2 unspecified atom stereocenters. The zero-order chi connectivity index (χ0) is 15.1. The van der Waals surface area contributed by atoms with E-state index >= 15 is 0 Å². The summed E-state index contributed by atoms with van der Waals surface area (Å²) >= 11 is 6.12. The first kappa shape index (κ1) is 13.6. The predicted octanol–water partition coefficient (Wildman–Crippen LogP) is 4.18. The number of rotatable bonds is 2. The molecule has 1 saturated carbocycles. The van der Waals surface area contributed by atoms with Crippen LogP contribution in [0.25, 0.3) is 11.0 Å². The third-order valence-corrected chi connectivity index (χ3v) is 4.89. The van der Waals surface area contributed by atoms with Gasteiger partial charge in [-0.05, 0) is 48.9 Å². The molecular weight excluding hydrogens is 296 g/mol. The highest BCUT2D eigenvalue weighted by Gasteiger charge is 2.28. The van der Waals surface area contributed by atoms with Gasteiger partial charge in [-0.15, -0.1) is 0 Å². The maximum absolute atomic E-state index is 6.12. The van der Waals surface area contributed by atoms with E-state index in [1.807, 2.05) is 18.2 Å². The van der Waals surface area contributed by atoms with Gasteiger partial charge in [-0.2, -0.15) is 0 Å². The van der Waals surface area contributed by atoms with Crippen LogP contribution < -0.4 is 5.73 Å². The van der Waals surface area contributed by atoms with Gasteiger partial charge < -0.3 is 10.3 Å². The van der Waals surface area contributed by atoms with Gasteiger partial charge in [0.2, 0.25) is 0 Å². The van der Waals surface area contributed by atoms with Crippen LogP contribution in [0.2, 0.25) is 5.02 Å². The minimum atomic E-state index is 0.454. The summed E-state index contributed by atoms with van der Waals surface area (Å²) in [4.78, 5) is 8.47. The Morgan fingerprint density at radius 1 is 1.18 bits per heavy atom. The summed E-state index contributed by atoms with van der Waals surface area (Å²) in [5.41, 5.74) is 8.19. The molecule has 1 aliphatic carbocycles. The standard InChI is InChI=1S/C17H17ClN4/c18-13-3-1-2-11(8-13)12-4-5-14(9-12)22-7-6-15-16(19)20-10-21-17(15)22/h1-3,6-8,10,12,14H,4-5,9H2,(H2,19,20,21). The first-order chi connectivity index (χ1) is 10.7. The van der Waals surface area contributed by atoms with Crippen LogP contribution in [0.3, 0.4) is 0 Å². The number of nitrogens with two attached hydrogens (primary N) is 1. The summed E-state index contributed by atoms with van der Waals surface area (Å²) in [5.74, 6) is 1.11. The van der Waals surface area contributed by atoms with Crippen LogP contribution in [0.4, 0.5) is 5.82 Å². The Morgan fingerprint density at radius 2 is 2.09 bits per heavy atom. The van der Waals surface area contributed by atoms with Crippen molar-refractivity contribution in [2.24, 2.45) is 0 Å². The van der Waals surface area contributed by atoms with Gasteiger partial charge in [-0.3, -0.25) is 0 Å². The highest BCUT2D eigenvalue weighted by molar-refractivity contribution is 6.30. The molecule has 4 rings (SSSR count). The highest BCUT2D eigenvalue weighted by Crippen LogP contribution is 2.42. The molecule has 0 saturated heterocycles. The van der Waals surface area contributed by atoms with E-state index in [1.165, 1.54) is 18.3 Å². The third kappa shape index (κ3) is 2.24. The summed E-state index contributed by atoms with van der Waals surface area (Å²) in [6.45, 7) is 0. The van der Waals surface area contributed by atoms with Crippen molar-refractivity contribution in [1.82, 2.24) is 14.5 Å². The molecule has 0 amide bonds. The predicted molar refractivity (Wildman–Crippen MR) is 89.0 cm³/mol. The SMILES string of the molecule is Nc1ncnc2c1ccn2C1CCC(c2cccc(Cl)c2)C1. The monoisotopic (exact) mass is 312 g/mol. The fourth-order valence-corrected chi connectivity index (χ4v) is 3.76. The molecule has 2 aromatic heterocycles. The van der Waals surface area contributed by atoms with Crippen molar-refractivity contribution in [2.45, 2.75) is 31.2 Å². The van der Waals surface area contributed by atoms with E-state index in [4.69, 9.17) is 17.3 Å². The van der Waals surface area contributed by atoms with E-state index in [9.17, 15) is 0 Å². The molecule has 4 nitrogen and oxygen atoms in total. The number of aromatic nitrogens is 3. The second kappa shape index (κ2) is 5.29. The molecule has 2 heterocycles. The summed E-state index contributed by atoms with van der Waals surface area (Å²) in [5, 5.41) is 1.75. The average molecular weight is 313 g/mol. The van der Waals surface area contributed by atoms with Gasteiger partial charge in [-0.25, -0.2) is 9.97 Å². The van der Waals surface area contributed by atoms with Gasteiger partial charge in [-0.1, -0.05) is 23.7 Å². The number of hydrogen-bond acceptors (Lipinski definition) is 3. The van der Waals surface area contributed by atoms with Gasteiger partial charge in [0.25, 0.3) is 0 Å². The molecule has 0 radical (unpaired) electrons. The van der Waals surface area contributed by atoms with Crippen molar-refractivity contribution in [3.63, 3.8) is 0 Å². The molecule has 2 N–H and O–H groups in total. The van der Waals surface area contributed by atoms with Crippen LogP contribution in [0.5, 0.6) is 0 Å². The lowest BCUT2D eigenvalue weighted by atomic mass is 9.97. The lowest BCUT2D eigenvalue weighted by Gasteiger charge is -2.14. The molecule has 5 heteroatoms. The first-order valence-electron chi connectivity index (χ1n) is 7.55. The summed E-state index contributed by atoms with van der Waals surface area (Å²) in [7, 11) is 0. The topological polar surface area (TPSA) is 56.7 Å². The Hall–Kier alpha value is -2.07. The van der Waals surface area contributed by atoms with Crippen molar-refractivity contribution in [2.75, 3.05) is 5.73 Å². The van der Waals surface area contributed by atoms with Crippen LogP contribution in [0, 0.1) is 0 Å². The number of fused-ring (bicyclic) bond motifs is 1. The Morgan fingerprint density at radius 3 is 2.95 bits per heavy atom. The Balaban J connectivity index is 1.63. The maximum atomic E-state index is 6.12. The quantitative estimate of drug-likeness (QED) is 0.772. The first-order valence-corrected chi connectivity index (χ1v) is 7.92. The minimum Gasteiger partial charge on any atom is -0.383 e. The number of nitrogen functional groups attached to an aromatic ring is 1. The fraction of sp³-hybridized carbons (Fsp3) is 0.294. The van der Waals surface area contributed by atoms with E-state index in [2.05, 4.69) is 32.9 Å². The average Bonchev–Trinajstić information content (AvgIpc) is 3.14. The molecule has 0 bridgehead atoms. The third-order valence-electron chi connectivity index (χ3n) is 4.66. The summed E-state index contributed by atoms with van der Waals surface area (Å²) in [6.07, 6.45) is 7.04. The smallest absolute Gasteiger partial charge is 0.145 e. The molecule has 2 atom stereocenters. The fourth-order valence-electron chi connectivity index (χ4n) is 3.56. The van der Waals surface area contributed by atoms with Crippen molar-refractivity contribution in [3.8, 4) is 0 Å².